The minimum Gasteiger partial charge on any atom is -0.387 e. The number of imidazole rings is 1. The number of fused-ring (bicyclic) bond motifs is 1. The maximum Gasteiger partial charge on any atom is 0.697 e. The van der Waals surface area contributed by atoms with Gasteiger partial charge in [0.2, 0.25) is 0 Å². The summed E-state index contributed by atoms with van der Waals surface area (Å²) in [5.41, 5.74) is 10.5. The molecule has 3 aromatic rings. The molecule has 70 heavy (non-hydrogen) atoms. The van der Waals surface area contributed by atoms with E-state index in [0.717, 1.165) is 42.2 Å². The molecule has 4 aliphatic heterocycles. The third-order valence-electron chi connectivity index (χ3n) is 11.2. The first kappa shape index (κ1) is 54.5. The first-order chi connectivity index (χ1) is 33.0. The summed E-state index contributed by atoms with van der Waals surface area (Å²) in [6.07, 6.45) is -27.6. The van der Waals surface area contributed by atoms with Crippen LogP contribution in [0, 0.1) is 0 Å². The lowest BCUT2D eigenvalue weighted by Crippen LogP contribution is -2.60. The number of aromatic nitrogens is 6. The van der Waals surface area contributed by atoms with Crippen LogP contribution in [-0.2, 0) is 69.5 Å². The first-order valence-electron chi connectivity index (χ1n) is 20.5. The van der Waals surface area contributed by atoms with Crippen molar-refractivity contribution in [3.8, 4) is 0 Å². The third kappa shape index (κ3) is 12.0. The lowest BCUT2D eigenvalue weighted by molar-refractivity contribution is -0.297. The fourth-order valence-electron chi connectivity index (χ4n) is 7.79. The normalized spacial score (nSPS) is 37.2. The number of rotatable bonds is 20. The van der Waals surface area contributed by atoms with Crippen LogP contribution in [0.25, 0.3) is 11.2 Å². The Balaban J connectivity index is 1.08. The van der Waals surface area contributed by atoms with Crippen LogP contribution >= 0.6 is 23.9 Å². The van der Waals surface area contributed by atoms with Gasteiger partial charge in [-0.1, -0.05) is 0 Å². The van der Waals surface area contributed by atoms with Gasteiger partial charge in [0.15, 0.2) is 42.6 Å². The first-order valence-corrected chi connectivity index (χ1v) is 24.6. The minimum absolute atomic E-state index is 0.0144. The van der Waals surface area contributed by atoms with Gasteiger partial charge in [-0.3, -0.25) is 22.7 Å². The second-order valence-electron chi connectivity index (χ2n) is 15.8. The molecule has 3 aromatic heterocycles. The molecule has 2 unspecified atom stereocenters. The molecule has 0 bridgehead atoms. The fraction of sp³-hybridized carbons (Fsp3) is 0.727. The Kier molecular flexibility index (Phi) is 17.5. The number of aliphatic hydroxyl groups excluding tert-OH is 7. The molecule has 0 saturated carbocycles. The van der Waals surface area contributed by atoms with Gasteiger partial charge in [-0.05, 0) is 6.07 Å². The van der Waals surface area contributed by atoms with Crippen LogP contribution in [-0.4, -0.2) is 218 Å². The Morgan fingerprint density at radius 1 is 0.700 bits per heavy atom. The smallest absolute Gasteiger partial charge is 0.387 e. The van der Waals surface area contributed by atoms with Gasteiger partial charge in [0.25, 0.3) is 0 Å². The molecule has 0 aliphatic carbocycles. The van der Waals surface area contributed by atoms with Crippen molar-refractivity contribution in [3.63, 3.8) is 0 Å². The SMILES string of the molecule is CO[C@H]1O[C@H](CO[P+](=O)O[C@H]2[C@H](O)[C@@H](O)[C@@H](OC)O[C@@H]2CO[C@H]2[C@@H](O)[C@H](n3ccc(N)nc3=O)O[C@@H]2COP(=O)(O)O[C@H]2[C@@H](O)[C@H](n3cnc4c(N)ncnc43)O[C@@H]2COP(=O)(O)O)[C@@H](O)[C@H](O)[C@H]1O. The minimum atomic E-state index is -5.48. The number of ether oxygens (including phenoxy) is 7. The summed E-state index contributed by atoms with van der Waals surface area (Å²) in [5.74, 6) is -0.273. The Hall–Kier alpha value is -3.29. The maximum atomic E-state index is 13.7. The number of phosphoric acid groups is 2. The van der Waals surface area contributed by atoms with Gasteiger partial charge < -0.3 is 95.1 Å². The van der Waals surface area contributed by atoms with E-state index >= 15 is 0 Å². The highest BCUT2D eigenvalue weighted by Crippen LogP contribution is 2.50. The molecule has 392 valence electrons. The summed E-state index contributed by atoms with van der Waals surface area (Å²) in [6.45, 7) is -3.58. The van der Waals surface area contributed by atoms with E-state index < -0.39 is 167 Å². The van der Waals surface area contributed by atoms with Crippen molar-refractivity contribution in [1.29, 1.82) is 0 Å². The zero-order valence-electron chi connectivity index (χ0n) is 36.2. The standard InChI is InChI=1S/C33H49N8O26P3/c1-56-31-20(45)18(43)17(42)11(64-31)6-59-68(50)66-25-12(65-32(57-2)21(46)19(25)44)5-58-24-13(62-29(22(24)47)40-4-3-15(34)39-33(40)49)8-61-70(54,55)67-26-14(7-60-69(51,52)53)63-30(23(26)48)41-10-38-16-27(35)36-9-37-28(16)41/h3-4,9-14,17-26,29-32,42-48H,5-8H2,1-2H3,(H6-,34,35,36,37,39,49,51,52,53,54,55)/p+1/t11-,12-,13-,14-,17-,18+,19-,20-,21-,22-,23-,24-,25-,26-,29-,30-,31+,32+/m1/s1. The third-order valence-corrected chi connectivity index (χ3v) is 13.5. The Morgan fingerprint density at radius 2 is 1.30 bits per heavy atom. The molecule has 37 heteroatoms. The quantitative estimate of drug-likeness (QED) is 0.0469. The highest BCUT2D eigenvalue weighted by atomic mass is 31.2. The molecule has 7 heterocycles. The van der Waals surface area contributed by atoms with Crippen LogP contribution in [0.15, 0.2) is 29.7 Å². The lowest BCUT2D eigenvalue weighted by Gasteiger charge is -2.40. The van der Waals surface area contributed by atoms with Crippen molar-refractivity contribution in [2.75, 3.05) is 52.1 Å². The number of hydrogen-bond acceptors (Lipinski definition) is 29. The molecule has 0 amide bonds. The maximum absolute atomic E-state index is 13.7. The van der Waals surface area contributed by atoms with Crippen LogP contribution in [0.5, 0.6) is 0 Å². The Labute approximate surface area is 393 Å². The number of nitrogens with zero attached hydrogens (tertiary/aromatic N) is 6. The fourth-order valence-corrected chi connectivity index (χ4v) is 9.88. The second-order valence-corrected chi connectivity index (χ2v) is 19.3. The van der Waals surface area contributed by atoms with E-state index in [1.165, 1.54) is 6.07 Å². The van der Waals surface area contributed by atoms with Crippen molar-refractivity contribution in [2.24, 2.45) is 0 Å². The number of nitrogen functional groups attached to an aromatic ring is 2. The molecule has 14 N–H and O–H groups in total. The van der Waals surface area contributed by atoms with Crippen LogP contribution in [0.2, 0.25) is 0 Å². The van der Waals surface area contributed by atoms with Crippen molar-refractivity contribution in [2.45, 2.75) is 110 Å². The summed E-state index contributed by atoms with van der Waals surface area (Å²) in [7, 11) is -11.7. The lowest BCUT2D eigenvalue weighted by atomic mass is 9.99. The highest BCUT2D eigenvalue weighted by molar-refractivity contribution is 7.47. The molecule has 0 spiro atoms. The van der Waals surface area contributed by atoms with E-state index in [9.17, 15) is 68.9 Å². The molecule has 20 atom stereocenters. The van der Waals surface area contributed by atoms with Gasteiger partial charge in [-0.25, -0.2) is 28.9 Å². The Bertz CT molecular complexity index is 2440. The second kappa shape index (κ2) is 22.4. The highest BCUT2D eigenvalue weighted by Gasteiger charge is 2.54. The predicted molar refractivity (Wildman–Crippen MR) is 221 cm³/mol. The molecular formula is C33H50N8O26P3+. The van der Waals surface area contributed by atoms with Gasteiger partial charge in [-0.15, -0.1) is 9.05 Å². The van der Waals surface area contributed by atoms with Crippen molar-refractivity contribution in [1.82, 2.24) is 29.1 Å². The molecule has 34 nitrogen and oxygen atoms in total. The molecular weight excluding hydrogens is 1020 g/mol. The van der Waals surface area contributed by atoms with Crippen LogP contribution in [0.1, 0.15) is 12.5 Å². The summed E-state index contributed by atoms with van der Waals surface area (Å²) in [4.78, 5) is 58.3. The van der Waals surface area contributed by atoms with Crippen LogP contribution in [0.3, 0.4) is 0 Å². The molecule has 0 aromatic carbocycles. The van der Waals surface area contributed by atoms with Gasteiger partial charge in [0.1, 0.15) is 104 Å². The van der Waals surface area contributed by atoms with E-state index in [4.69, 9.17) is 62.7 Å². The van der Waals surface area contributed by atoms with Gasteiger partial charge in [-0.2, -0.15) is 4.98 Å². The Morgan fingerprint density at radius 3 is 1.96 bits per heavy atom. The van der Waals surface area contributed by atoms with Crippen molar-refractivity contribution < 1.29 is 120 Å². The van der Waals surface area contributed by atoms with E-state index in [1.807, 2.05) is 0 Å². The molecule has 4 fully saturated rings. The number of hydrogen-bond donors (Lipinski definition) is 12. The molecule has 4 saturated heterocycles. The number of methoxy groups -OCH3 is 2. The van der Waals surface area contributed by atoms with Crippen LogP contribution in [0.4, 0.5) is 11.6 Å². The number of anilines is 2. The van der Waals surface area contributed by atoms with E-state index in [2.05, 4.69) is 24.5 Å². The summed E-state index contributed by atoms with van der Waals surface area (Å²) in [6, 6.07) is 1.18. The van der Waals surface area contributed by atoms with Gasteiger partial charge in [0.05, 0.1) is 26.1 Å². The molecule has 7 rings (SSSR count). The summed E-state index contributed by atoms with van der Waals surface area (Å²) >= 11 is 0. The summed E-state index contributed by atoms with van der Waals surface area (Å²) < 4.78 is 105. The van der Waals surface area contributed by atoms with Gasteiger partial charge >= 0.3 is 29.6 Å². The van der Waals surface area contributed by atoms with Crippen LogP contribution < -0.4 is 17.2 Å². The van der Waals surface area contributed by atoms with Crippen molar-refractivity contribution in [3.05, 3.63) is 35.4 Å². The van der Waals surface area contributed by atoms with E-state index in [-0.39, 0.29) is 22.8 Å². The number of aliphatic hydroxyl groups is 7. The topological polar surface area (TPSA) is 495 Å². The zero-order chi connectivity index (χ0) is 51.0. The molecule has 4 aliphatic rings. The van der Waals surface area contributed by atoms with Crippen molar-refractivity contribution >= 4 is 46.7 Å². The molecule has 0 radical (unpaired) electrons. The number of phosphoric ester groups is 2. The van der Waals surface area contributed by atoms with Gasteiger partial charge in [0, 0.05) is 25.0 Å². The largest absolute Gasteiger partial charge is 0.697 e. The summed E-state index contributed by atoms with van der Waals surface area (Å²) in [5, 5.41) is 75.4. The monoisotopic (exact) mass is 1070 g/mol. The average molecular weight is 1070 g/mol. The predicted octanol–water partition coefficient (Wildman–Crippen LogP) is -5.63. The average Bonchev–Trinajstić information content (AvgIpc) is 3.97. The number of nitrogens with two attached hydrogens (primary N) is 2. The van der Waals surface area contributed by atoms with E-state index in [1.54, 1.807) is 0 Å². The van der Waals surface area contributed by atoms with E-state index in [0.29, 0.717) is 0 Å². The zero-order valence-corrected chi connectivity index (χ0v) is 38.9.